The van der Waals surface area contributed by atoms with E-state index in [4.69, 9.17) is 5.11 Å². The standard InChI is InChI=1S/C7H14O2.C2H4/c1-6-2-3-7(9,4-6)5-8;1-2/h6,8-9H,2-5H2,1H3;1-2H2. The first kappa shape index (κ1) is 10.7. The Morgan fingerprint density at radius 2 is 2.09 bits per heavy atom. The minimum Gasteiger partial charge on any atom is -0.393 e. The van der Waals surface area contributed by atoms with Crippen molar-refractivity contribution in [1.29, 1.82) is 0 Å². The zero-order valence-corrected chi connectivity index (χ0v) is 7.21. The molecule has 11 heavy (non-hydrogen) atoms. The van der Waals surface area contributed by atoms with Crippen molar-refractivity contribution in [2.75, 3.05) is 6.61 Å². The molecule has 0 radical (unpaired) electrons. The van der Waals surface area contributed by atoms with Crippen LogP contribution >= 0.6 is 0 Å². The van der Waals surface area contributed by atoms with Crippen molar-refractivity contribution >= 4 is 0 Å². The molecule has 0 aliphatic heterocycles. The van der Waals surface area contributed by atoms with Gasteiger partial charge in [0.1, 0.15) is 0 Å². The molecule has 0 aromatic heterocycles. The van der Waals surface area contributed by atoms with Gasteiger partial charge in [-0.1, -0.05) is 6.92 Å². The quantitative estimate of drug-likeness (QED) is 0.565. The van der Waals surface area contributed by atoms with E-state index in [0.29, 0.717) is 5.92 Å². The van der Waals surface area contributed by atoms with Gasteiger partial charge in [-0.05, 0) is 25.2 Å². The highest BCUT2D eigenvalue weighted by molar-refractivity contribution is 4.86. The lowest BCUT2D eigenvalue weighted by Gasteiger charge is -2.18. The summed E-state index contributed by atoms with van der Waals surface area (Å²) >= 11 is 0. The van der Waals surface area contributed by atoms with Gasteiger partial charge in [0, 0.05) is 0 Å². The van der Waals surface area contributed by atoms with Gasteiger partial charge in [0.15, 0.2) is 0 Å². The number of rotatable bonds is 1. The van der Waals surface area contributed by atoms with Gasteiger partial charge in [-0.15, -0.1) is 13.2 Å². The fourth-order valence-electron chi connectivity index (χ4n) is 1.51. The summed E-state index contributed by atoms with van der Waals surface area (Å²) in [6.45, 7) is 8.03. The van der Waals surface area contributed by atoms with Crippen LogP contribution in [-0.4, -0.2) is 22.4 Å². The molecule has 0 saturated heterocycles. The summed E-state index contributed by atoms with van der Waals surface area (Å²) in [5, 5.41) is 18.1. The van der Waals surface area contributed by atoms with Crippen LogP contribution in [0.3, 0.4) is 0 Å². The molecule has 0 amide bonds. The smallest absolute Gasteiger partial charge is 0.0880 e. The van der Waals surface area contributed by atoms with Crippen LogP contribution in [0.4, 0.5) is 0 Å². The van der Waals surface area contributed by atoms with Crippen molar-refractivity contribution in [3.8, 4) is 0 Å². The Balaban J connectivity index is 0.000000461. The highest BCUT2D eigenvalue weighted by Crippen LogP contribution is 2.33. The monoisotopic (exact) mass is 158 g/mol. The predicted octanol–water partition coefficient (Wildman–Crippen LogP) is 1.33. The summed E-state index contributed by atoms with van der Waals surface area (Å²) in [5.74, 6) is 0.585. The average molecular weight is 158 g/mol. The predicted molar refractivity (Wildman–Crippen MR) is 46.3 cm³/mol. The van der Waals surface area contributed by atoms with E-state index in [-0.39, 0.29) is 6.61 Å². The topological polar surface area (TPSA) is 40.5 Å². The molecule has 1 saturated carbocycles. The molecule has 0 bridgehead atoms. The summed E-state index contributed by atoms with van der Waals surface area (Å²) in [5.41, 5.74) is -0.737. The van der Waals surface area contributed by atoms with Gasteiger partial charge < -0.3 is 10.2 Å². The van der Waals surface area contributed by atoms with Crippen LogP contribution in [0.1, 0.15) is 26.2 Å². The molecule has 1 aliphatic carbocycles. The maximum Gasteiger partial charge on any atom is 0.0880 e. The first-order valence-corrected chi connectivity index (χ1v) is 3.99. The minimum absolute atomic E-state index is 0.0721. The average Bonchev–Trinajstić information content (AvgIpc) is 2.37. The van der Waals surface area contributed by atoms with Crippen molar-refractivity contribution in [3.63, 3.8) is 0 Å². The van der Waals surface area contributed by atoms with Gasteiger partial charge in [-0.25, -0.2) is 0 Å². The van der Waals surface area contributed by atoms with E-state index < -0.39 is 5.60 Å². The molecule has 1 rings (SSSR count). The molecule has 0 aromatic rings. The number of hydrogen-bond acceptors (Lipinski definition) is 2. The highest BCUT2D eigenvalue weighted by Gasteiger charge is 2.34. The molecule has 0 heterocycles. The minimum atomic E-state index is -0.737. The van der Waals surface area contributed by atoms with Crippen LogP contribution in [0, 0.1) is 5.92 Å². The summed E-state index contributed by atoms with van der Waals surface area (Å²) in [7, 11) is 0. The van der Waals surface area contributed by atoms with E-state index in [0.717, 1.165) is 19.3 Å². The molecule has 1 aliphatic rings. The normalized spacial score (nSPS) is 36.1. The second-order valence-corrected chi connectivity index (χ2v) is 3.23. The van der Waals surface area contributed by atoms with Gasteiger partial charge >= 0.3 is 0 Å². The van der Waals surface area contributed by atoms with Crippen molar-refractivity contribution in [3.05, 3.63) is 13.2 Å². The van der Waals surface area contributed by atoms with Crippen molar-refractivity contribution < 1.29 is 10.2 Å². The van der Waals surface area contributed by atoms with Crippen LogP contribution in [0.15, 0.2) is 13.2 Å². The first-order valence-electron chi connectivity index (χ1n) is 3.99. The number of aliphatic hydroxyl groups excluding tert-OH is 1. The molecule has 2 nitrogen and oxygen atoms in total. The van der Waals surface area contributed by atoms with E-state index in [9.17, 15) is 5.11 Å². The zero-order valence-electron chi connectivity index (χ0n) is 7.21. The lowest BCUT2D eigenvalue weighted by molar-refractivity contribution is -0.0107. The second-order valence-electron chi connectivity index (χ2n) is 3.23. The van der Waals surface area contributed by atoms with Crippen molar-refractivity contribution in [1.82, 2.24) is 0 Å². The molecule has 0 aromatic carbocycles. The summed E-state index contributed by atoms with van der Waals surface area (Å²) < 4.78 is 0. The fraction of sp³-hybridized carbons (Fsp3) is 0.778. The lowest BCUT2D eigenvalue weighted by Crippen LogP contribution is -2.29. The maximum atomic E-state index is 9.42. The Kier molecular flexibility index (Phi) is 4.38. The van der Waals surface area contributed by atoms with Gasteiger partial charge in [-0.2, -0.15) is 0 Å². The summed E-state index contributed by atoms with van der Waals surface area (Å²) in [6.07, 6.45) is 2.59. The van der Waals surface area contributed by atoms with Crippen molar-refractivity contribution in [2.24, 2.45) is 5.92 Å². The highest BCUT2D eigenvalue weighted by atomic mass is 16.3. The Bertz CT molecular complexity index is 114. The van der Waals surface area contributed by atoms with Gasteiger partial charge in [0.05, 0.1) is 12.2 Å². The molecule has 1 fully saturated rings. The molecule has 2 unspecified atom stereocenters. The Morgan fingerprint density at radius 3 is 2.27 bits per heavy atom. The van der Waals surface area contributed by atoms with Gasteiger partial charge in [0.25, 0.3) is 0 Å². The van der Waals surface area contributed by atoms with Gasteiger partial charge in [-0.3, -0.25) is 0 Å². The largest absolute Gasteiger partial charge is 0.393 e. The van der Waals surface area contributed by atoms with Crippen LogP contribution < -0.4 is 0 Å². The van der Waals surface area contributed by atoms with Gasteiger partial charge in [0.2, 0.25) is 0 Å². The maximum absolute atomic E-state index is 9.42. The van der Waals surface area contributed by atoms with Crippen LogP contribution in [-0.2, 0) is 0 Å². The van der Waals surface area contributed by atoms with E-state index >= 15 is 0 Å². The van der Waals surface area contributed by atoms with Crippen LogP contribution in [0.25, 0.3) is 0 Å². The second kappa shape index (κ2) is 4.52. The van der Waals surface area contributed by atoms with Crippen LogP contribution in [0.2, 0.25) is 0 Å². The molecule has 2 N–H and O–H groups in total. The SMILES string of the molecule is C=C.CC1CCC(O)(CO)C1. The van der Waals surface area contributed by atoms with E-state index in [1.807, 2.05) is 0 Å². The number of hydrogen-bond donors (Lipinski definition) is 2. The van der Waals surface area contributed by atoms with Crippen LogP contribution in [0.5, 0.6) is 0 Å². The van der Waals surface area contributed by atoms with Crippen molar-refractivity contribution in [2.45, 2.75) is 31.8 Å². The third-order valence-corrected chi connectivity index (χ3v) is 2.13. The third-order valence-electron chi connectivity index (χ3n) is 2.13. The summed E-state index contributed by atoms with van der Waals surface area (Å²) in [4.78, 5) is 0. The molecule has 0 spiro atoms. The molecule has 2 heteroatoms. The molecular formula is C9H18O2. The Labute approximate surface area is 68.6 Å². The van der Waals surface area contributed by atoms with E-state index in [2.05, 4.69) is 20.1 Å². The Hall–Kier alpha value is -0.340. The molecular weight excluding hydrogens is 140 g/mol. The van der Waals surface area contributed by atoms with E-state index in [1.54, 1.807) is 0 Å². The third kappa shape index (κ3) is 3.04. The zero-order chi connectivity index (χ0) is 8.91. The first-order chi connectivity index (χ1) is 5.16. The molecule has 2 atom stereocenters. The fourth-order valence-corrected chi connectivity index (χ4v) is 1.51. The lowest BCUT2D eigenvalue weighted by atomic mass is 10.0. The molecule has 66 valence electrons. The van der Waals surface area contributed by atoms with E-state index in [1.165, 1.54) is 0 Å². The number of aliphatic hydroxyl groups is 2. The summed E-state index contributed by atoms with van der Waals surface area (Å²) in [6, 6.07) is 0. The Morgan fingerprint density at radius 1 is 1.55 bits per heavy atom.